The Hall–Kier alpha value is -7.42. The van der Waals surface area contributed by atoms with E-state index in [2.05, 4.69) is 205 Å². The van der Waals surface area contributed by atoms with Crippen LogP contribution in [0.4, 0.5) is 17.1 Å². The molecule has 2 aliphatic rings. The summed E-state index contributed by atoms with van der Waals surface area (Å²) in [5, 5.41) is 2.24. The second-order valence-electron chi connectivity index (χ2n) is 15.2. The van der Waals surface area contributed by atoms with Gasteiger partial charge in [-0.25, -0.2) is 0 Å². The number of hydrogen-bond donors (Lipinski definition) is 0. The van der Waals surface area contributed by atoms with Crippen LogP contribution in [0.3, 0.4) is 0 Å². The maximum atomic E-state index is 6.42. The first-order valence-electron chi connectivity index (χ1n) is 19.7. The lowest BCUT2D eigenvalue weighted by atomic mass is 9.70. The highest BCUT2D eigenvalue weighted by molar-refractivity contribution is 6.06. The molecule has 0 unspecified atom stereocenters. The van der Waals surface area contributed by atoms with Crippen molar-refractivity contribution in [2.75, 3.05) is 4.90 Å². The first-order valence-corrected chi connectivity index (χ1v) is 19.7. The highest BCUT2D eigenvalue weighted by Gasteiger charge is 2.51. The molecule has 0 saturated carbocycles. The van der Waals surface area contributed by atoms with E-state index in [0.717, 1.165) is 44.6 Å². The highest BCUT2D eigenvalue weighted by atomic mass is 16.3. The topological polar surface area (TPSA) is 16.4 Å². The molecule has 0 bridgehead atoms. The summed E-state index contributed by atoms with van der Waals surface area (Å²) in [7, 11) is 0. The van der Waals surface area contributed by atoms with Gasteiger partial charge in [-0.2, -0.15) is 0 Å². The second kappa shape index (κ2) is 12.3. The predicted molar refractivity (Wildman–Crippen MR) is 236 cm³/mol. The molecule has 10 aromatic rings. The van der Waals surface area contributed by atoms with E-state index in [4.69, 9.17) is 4.42 Å². The van der Waals surface area contributed by atoms with Gasteiger partial charge in [-0.3, -0.25) is 0 Å². The number of para-hydroxylation sites is 2. The van der Waals surface area contributed by atoms with Crippen molar-refractivity contribution in [3.63, 3.8) is 0 Å². The van der Waals surface area contributed by atoms with Crippen LogP contribution in [0.15, 0.2) is 217 Å². The second-order valence-corrected chi connectivity index (χ2v) is 15.2. The molecule has 1 heterocycles. The van der Waals surface area contributed by atoms with E-state index in [-0.39, 0.29) is 5.41 Å². The summed E-state index contributed by atoms with van der Waals surface area (Å²) in [6.45, 7) is 0. The smallest absolute Gasteiger partial charge is 0.137 e. The molecule has 0 fully saturated rings. The molecule has 0 saturated heterocycles. The van der Waals surface area contributed by atoms with Gasteiger partial charge in [0, 0.05) is 33.8 Å². The third kappa shape index (κ3) is 4.59. The fourth-order valence-corrected chi connectivity index (χ4v) is 9.89. The van der Waals surface area contributed by atoms with Gasteiger partial charge in [0.1, 0.15) is 11.2 Å². The van der Waals surface area contributed by atoms with E-state index >= 15 is 0 Å². The molecule has 2 heteroatoms. The maximum absolute atomic E-state index is 6.42. The SMILES string of the molecule is c1ccc(-c2ccccc2N(c2ccc(-c3ccc4c(c3)C3(c5ccccc5-c5ccccc53)c3ccccc3-4)cc2)c2ccc3c(c2)oc2ccccc23)cc1. The lowest BCUT2D eigenvalue weighted by Gasteiger charge is -2.30. The number of fused-ring (bicyclic) bond motifs is 13. The molecule has 0 aliphatic heterocycles. The van der Waals surface area contributed by atoms with Crippen LogP contribution in [0.2, 0.25) is 0 Å². The zero-order valence-corrected chi connectivity index (χ0v) is 31.1. The van der Waals surface area contributed by atoms with Crippen LogP contribution in [0.5, 0.6) is 0 Å². The lowest BCUT2D eigenvalue weighted by molar-refractivity contribution is 0.669. The van der Waals surface area contributed by atoms with Crippen LogP contribution in [0, 0.1) is 0 Å². The Morgan fingerprint density at radius 2 is 0.842 bits per heavy atom. The summed E-state index contributed by atoms with van der Waals surface area (Å²) < 4.78 is 6.42. The van der Waals surface area contributed by atoms with Crippen molar-refractivity contribution in [1.82, 2.24) is 0 Å². The Kier molecular flexibility index (Phi) is 6.88. The average Bonchev–Trinajstić information content (AvgIpc) is 3.91. The van der Waals surface area contributed by atoms with Gasteiger partial charge in [-0.05, 0) is 104 Å². The molecular formula is C55H35NO. The van der Waals surface area contributed by atoms with E-state index in [1.165, 1.54) is 61.2 Å². The van der Waals surface area contributed by atoms with Crippen LogP contribution in [-0.2, 0) is 5.41 Å². The van der Waals surface area contributed by atoms with E-state index in [1.807, 2.05) is 12.1 Å². The van der Waals surface area contributed by atoms with Crippen LogP contribution < -0.4 is 4.90 Å². The number of hydrogen-bond acceptors (Lipinski definition) is 2. The third-order valence-corrected chi connectivity index (χ3v) is 12.3. The predicted octanol–water partition coefficient (Wildman–Crippen LogP) is 14.7. The molecule has 12 rings (SSSR count). The first-order chi connectivity index (χ1) is 28.3. The van der Waals surface area contributed by atoms with Crippen molar-refractivity contribution in [3.05, 3.63) is 235 Å². The van der Waals surface area contributed by atoms with Crippen LogP contribution in [0.25, 0.3) is 66.4 Å². The molecule has 9 aromatic carbocycles. The summed E-state index contributed by atoms with van der Waals surface area (Å²) >= 11 is 0. The Balaban J connectivity index is 1.01. The molecular weight excluding hydrogens is 691 g/mol. The number of furan rings is 1. The van der Waals surface area contributed by atoms with Gasteiger partial charge in [0.25, 0.3) is 0 Å². The Bertz CT molecular complexity index is 3130. The van der Waals surface area contributed by atoms with Crippen molar-refractivity contribution in [2.24, 2.45) is 0 Å². The maximum Gasteiger partial charge on any atom is 0.137 e. The minimum Gasteiger partial charge on any atom is -0.456 e. The average molecular weight is 726 g/mol. The number of rotatable bonds is 5. The Morgan fingerprint density at radius 3 is 1.54 bits per heavy atom. The van der Waals surface area contributed by atoms with E-state index in [9.17, 15) is 0 Å². The molecule has 0 atom stereocenters. The number of nitrogens with zero attached hydrogens (tertiary/aromatic N) is 1. The van der Waals surface area contributed by atoms with Gasteiger partial charge in [0.05, 0.1) is 11.1 Å². The summed E-state index contributed by atoms with van der Waals surface area (Å²) in [6, 6.07) is 77.4. The molecule has 2 aliphatic carbocycles. The zero-order valence-electron chi connectivity index (χ0n) is 31.1. The largest absolute Gasteiger partial charge is 0.456 e. The fraction of sp³-hybridized carbons (Fsp3) is 0.0182. The molecule has 0 radical (unpaired) electrons. The third-order valence-electron chi connectivity index (χ3n) is 12.3. The van der Waals surface area contributed by atoms with Gasteiger partial charge in [0.15, 0.2) is 0 Å². The number of anilines is 3. The standard InChI is InChI=1S/C55H35NO/c1-2-14-37(15-3-1)41-16-7-12-24-52(41)56(40-31-33-47-46-20-8-13-25-53(46)57-54(47)35-40)39-29-26-36(27-30-39)38-28-32-45-44-19-6-11-23-50(44)55(51(45)34-38)48-21-9-4-17-42(48)43-18-5-10-22-49(43)55/h1-35H. The Morgan fingerprint density at radius 1 is 0.316 bits per heavy atom. The normalized spacial score (nSPS) is 13.1. The van der Waals surface area contributed by atoms with Crippen LogP contribution in [0.1, 0.15) is 22.3 Å². The monoisotopic (exact) mass is 725 g/mol. The molecule has 266 valence electrons. The molecule has 1 aromatic heterocycles. The van der Waals surface area contributed by atoms with Gasteiger partial charge in [0.2, 0.25) is 0 Å². The van der Waals surface area contributed by atoms with E-state index in [0.29, 0.717) is 0 Å². The summed E-state index contributed by atoms with van der Waals surface area (Å²) in [6.07, 6.45) is 0. The fourth-order valence-electron chi connectivity index (χ4n) is 9.89. The Labute approximate surface area is 331 Å². The van der Waals surface area contributed by atoms with Crippen molar-refractivity contribution >= 4 is 39.0 Å². The lowest BCUT2D eigenvalue weighted by Crippen LogP contribution is -2.25. The van der Waals surface area contributed by atoms with Gasteiger partial charge in [-0.15, -0.1) is 0 Å². The van der Waals surface area contributed by atoms with Gasteiger partial charge in [-0.1, -0.05) is 164 Å². The molecule has 0 N–H and O–H groups in total. The van der Waals surface area contributed by atoms with E-state index in [1.54, 1.807) is 0 Å². The zero-order chi connectivity index (χ0) is 37.5. The number of benzene rings is 9. The van der Waals surface area contributed by atoms with E-state index < -0.39 is 0 Å². The van der Waals surface area contributed by atoms with Crippen LogP contribution >= 0.6 is 0 Å². The first kappa shape index (κ1) is 31.9. The van der Waals surface area contributed by atoms with Crippen molar-refractivity contribution in [3.8, 4) is 44.5 Å². The molecule has 1 spiro atoms. The summed E-state index contributed by atoms with van der Waals surface area (Å²) in [5.41, 5.74) is 20.0. The van der Waals surface area contributed by atoms with Crippen molar-refractivity contribution in [1.29, 1.82) is 0 Å². The van der Waals surface area contributed by atoms with Crippen LogP contribution in [-0.4, -0.2) is 0 Å². The molecule has 0 amide bonds. The summed E-state index contributed by atoms with van der Waals surface area (Å²) in [5.74, 6) is 0. The molecule has 2 nitrogen and oxygen atoms in total. The highest BCUT2D eigenvalue weighted by Crippen LogP contribution is 2.63. The minimum absolute atomic E-state index is 0.373. The van der Waals surface area contributed by atoms with Gasteiger partial charge < -0.3 is 9.32 Å². The quantitative estimate of drug-likeness (QED) is 0.176. The summed E-state index contributed by atoms with van der Waals surface area (Å²) in [4.78, 5) is 2.36. The minimum atomic E-state index is -0.373. The van der Waals surface area contributed by atoms with Gasteiger partial charge >= 0.3 is 0 Å². The van der Waals surface area contributed by atoms with Crippen molar-refractivity contribution in [2.45, 2.75) is 5.41 Å². The molecule has 57 heavy (non-hydrogen) atoms. The van der Waals surface area contributed by atoms with Crippen molar-refractivity contribution < 1.29 is 4.42 Å².